The highest BCUT2D eigenvalue weighted by molar-refractivity contribution is 7.89. The van der Waals surface area contributed by atoms with Crippen LogP contribution in [-0.2, 0) is 21.2 Å². The van der Waals surface area contributed by atoms with Crippen LogP contribution in [0.1, 0.15) is 56.7 Å². The third-order valence-corrected chi connectivity index (χ3v) is 6.92. The van der Waals surface area contributed by atoms with Crippen molar-refractivity contribution in [2.45, 2.75) is 51.4 Å². The van der Waals surface area contributed by atoms with Gasteiger partial charge in [0.2, 0.25) is 15.9 Å². The van der Waals surface area contributed by atoms with Crippen molar-refractivity contribution < 1.29 is 17.7 Å². The Morgan fingerprint density at radius 2 is 2.04 bits per heavy atom. The lowest BCUT2D eigenvalue weighted by molar-refractivity contribution is 0.0778. The average molecular weight is 357 g/mol. The van der Waals surface area contributed by atoms with Gasteiger partial charge in [-0.1, -0.05) is 5.16 Å². The van der Waals surface area contributed by atoms with Gasteiger partial charge in [-0.2, -0.15) is 4.98 Å². The summed E-state index contributed by atoms with van der Waals surface area (Å²) in [5, 5.41) is 4.10. The highest BCUT2D eigenvalue weighted by atomic mass is 32.2. The molecule has 2 aliphatic rings. The van der Waals surface area contributed by atoms with Crippen molar-refractivity contribution in [2.75, 3.05) is 32.1 Å². The van der Waals surface area contributed by atoms with E-state index in [4.69, 9.17) is 9.26 Å². The Morgan fingerprint density at radius 1 is 1.25 bits per heavy atom. The highest BCUT2D eigenvalue weighted by Gasteiger charge is 2.28. The van der Waals surface area contributed by atoms with E-state index in [9.17, 15) is 8.42 Å². The molecule has 0 aliphatic carbocycles. The van der Waals surface area contributed by atoms with E-state index in [2.05, 4.69) is 10.1 Å². The van der Waals surface area contributed by atoms with Gasteiger partial charge in [-0.25, -0.2) is 12.7 Å². The predicted molar refractivity (Wildman–Crippen MR) is 89.2 cm³/mol. The summed E-state index contributed by atoms with van der Waals surface area (Å²) in [5.41, 5.74) is 0. The van der Waals surface area contributed by atoms with Crippen LogP contribution in [0.5, 0.6) is 0 Å². The Balaban J connectivity index is 1.51. The summed E-state index contributed by atoms with van der Waals surface area (Å²) in [4.78, 5) is 4.54. The molecule has 24 heavy (non-hydrogen) atoms. The molecule has 2 saturated heterocycles. The Morgan fingerprint density at radius 3 is 2.79 bits per heavy atom. The number of aryl methyl sites for hydroxylation is 1. The van der Waals surface area contributed by atoms with Crippen LogP contribution in [0.25, 0.3) is 0 Å². The molecule has 2 aliphatic heterocycles. The number of hydrogen-bond acceptors (Lipinski definition) is 6. The first kappa shape index (κ1) is 17.8. The van der Waals surface area contributed by atoms with Crippen molar-refractivity contribution in [3.63, 3.8) is 0 Å². The van der Waals surface area contributed by atoms with Crippen LogP contribution in [0.4, 0.5) is 0 Å². The van der Waals surface area contributed by atoms with Crippen LogP contribution >= 0.6 is 0 Å². The topological polar surface area (TPSA) is 85.5 Å². The molecule has 2 fully saturated rings. The number of sulfonamides is 1. The molecule has 8 heteroatoms. The summed E-state index contributed by atoms with van der Waals surface area (Å²) in [6.07, 6.45) is 5.53. The van der Waals surface area contributed by atoms with E-state index < -0.39 is 10.0 Å². The van der Waals surface area contributed by atoms with Gasteiger partial charge in [0.05, 0.1) is 5.75 Å². The molecule has 3 heterocycles. The second-order valence-electron chi connectivity index (χ2n) is 6.74. The Hall–Kier alpha value is -0.990. The quantitative estimate of drug-likeness (QED) is 0.774. The molecule has 1 unspecified atom stereocenters. The van der Waals surface area contributed by atoms with Gasteiger partial charge >= 0.3 is 0 Å². The number of aromatic nitrogens is 2. The molecule has 0 bridgehead atoms. The van der Waals surface area contributed by atoms with Crippen molar-refractivity contribution in [3.05, 3.63) is 11.7 Å². The maximum Gasteiger partial charge on any atom is 0.229 e. The van der Waals surface area contributed by atoms with Crippen LogP contribution in [-0.4, -0.2) is 54.9 Å². The summed E-state index contributed by atoms with van der Waals surface area (Å²) >= 11 is 0. The average Bonchev–Trinajstić information content (AvgIpc) is 3.10. The van der Waals surface area contributed by atoms with Crippen molar-refractivity contribution in [2.24, 2.45) is 5.92 Å². The van der Waals surface area contributed by atoms with Crippen molar-refractivity contribution in [3.8, 4) is 0 Å². The van der Waals surface area contributed by atoms with Crippen LogP contribution < -0.4 is 0 Å². The first-order chi connectivity index (χ1) is 11.6. The SMILES string of the molecule is CCS(=O)(=O)N1CCCC(CCc2noc(C3CCOCC3)n2)C1. The maximum absolute atomic E-state index is 12.0. The maximum atomic E-state index is 12.0. The normalized spacial score (nSPS) is 24.3. The standard InChI is InChI=1S/C16H27N3O4S/c1-2-24(20,21)19-9-3-4-13(12-19)5-6-15-17-16(23-18-15)14-7-10-22-11-8-14/h13-14H,2-12H2,1H3. The third-order valence-electron chi connectivity index (χ3n) is 5.07. The van der Waals surface area contributed by atoms with Gasteiger partial charge in [0, 0.05) is 38.6 Å². The van der Waals surface area contributed by atoms with E-state index >= 15 is 0 Å². The molecule has 0 amide bonds. The molecule has 1 atom stereocenters. The first-order valence-corrected chi connectivity index (χ1v) is 10.6. The number of piperidine rings is 1. The van der Waals surface area contributed by atoms with Crippen LogP contribution in [0, 0.1) is 5.92 Å². The van der Waals surface area contributed by atoms with Crippen LogP contribution in [0.15, 0.2) is 4.52 Å². The largest absolute Gasteiger partial charge is 0.381 e. The van der Waals surface area contributed by atoms with Gasteiger partial charge < -0.3 is 9.26 Å². The fourth-order valence-electron chi connectivity index (χ4n) is 3.51. The lowest BCUT2D eigenvalue weighted by Crippen LogP contribution is -2.40. The minimum atomic E-state index is -3.08. The molecule has 0 spiro atoms. The molecule has 0 radical (unpaired) electrons. The molecule has 0 N–H and O–H groups in total. The second kappa shape index (κ2) is 7.93. The van der Waals surface area contributed by atoms with Gasteiger partial charge in [-0.05, 0) is 44.9 Å². The molecule has 3 rings (SSSR count). The number of nitrogens with zero attached hydrogens (tertiary/aromatic N) is 3. The highest BCUT2D eigenvalue weighted by Crippen LogP contribution is 2.26. The monoisotopic (exact) mass is 357 g/mol. The van der Waals surface area contributed by atoms with Crippen molar-refractivity contribution in [1.82, 2.24) is 14.4 Å². The number of rotatable bonds is 6. The fraction of sp³-hybridized carbons (Fsp3) is 0.875. The summed E-state index contributed by atoms with van der Waals surface area (Å²) < 4.78 is 36.5. The second-order valence-corrected chi connectivity index (χ2v) is 9.00. The van der Waals surface area contributed by atoms with E-state index in [0.717, 1.165) is 63.5 Å². The molecule has 0 saturated carbocycles. The minimum absolute atomic E-state index is 0.180. The lowest BCUT2D eigenvalue weighted by Gasteiger charge is -2.31. The van der Waals surface area contributed by atoms with E-state index in [1.807, 2.05) is 0 Å². The fourth-order valence-corrected chi connectivity index (χ4v) is 4.72. The Labute approximate surface area is 143 Å². The molecule has 7 nitrogen and oxygen atoms in total. The zero-order chi connectivity index (χ0) is 17.0. The van der Waals surface area contributed by atoms with Crippen LogP contribution in [0.2, 0.25) is 0 Å². The van der Waals surface area contributed by atoms with E-state index in [1.165, 1.54) is 0 Å². The third kappa shape index (κ3) is 4.34. The van der Waals surface area contributed by atoms with E-state index in [0.29, 0.717) is 24.9 Å². The molecule has 1 aromatic rings. The zero-order valence-electron chi connectivity index (χ0n) is 14.3. The van der Waals surface area contributed by atoms with E-state index in [1.54, 1.807) is 11.2 Å². The lowest BCUT2D eigenvalue weighted by atomic mass is 9.94. The number of hydrogen-bond donors (Lipinski definition) is 0. The summed E-state index contributed by atoms with van der Waals surface area (Å²) in [6.45, 7) is 4.50. The summed E-state index contributed by atoms with van der Waals surface area (Å²) in [5.74, 6) is 2.35. The Kier molecular flexibility index (Phi) is 5.89. The van der Waals surface area contributed by atoms with Crippen LogP contribution in [0.3, 0.4) is 0 Å². The first-order valence-electron chi connectivity index (χ1n) is 8.96. The molecular formula is C16H27N3O4S. The van der Waals surface area contributed by atoms with Gasteiger partial charge in [0.15, 0.2) is 5.82 Å². The van der Waals surface area contributed by atoms with E-state index in [-0.39, 0.29) is 5.75 Å². The zero-order valence-corrected chi connectivity index (χ0v) is 15.1. The Bertz CT molecular complexity index is 625. The van der Waals surface area contributed by atoms with Gasteiger partial charge in [-0.15, -0.1) is 0 Å². The summed E-state index contributed by atoms with van der Waals surface area (Å²) in [6, 6.07) is 0. The minimum Gasteiger partial charge on any atom is -0.381 e. The molecular weight excluding hydrogens is 330 g/mol. The molecule has 136 valence electrons. The molecule has 1 aromatic heterocycles. The van der Waals surface area contributed by atoms with Gasteiger partial charge in [-0.3, -0.25) is 0 Å². The summed E-state index contributed by atoms with van der Waals surface area (Å²) in [7, 11) is -3.08. The van der Waals surface area contributed by atoms with Gasteiger partial charge in [0.1, 0.15) is 0 Å². The molecule has 0 aromatic carbocycles. The smallest absolute Gasteiger partial charge is 0.229 e. The predicted octanol–water partition coefficient (Wildman–Crippen LogP) is 1.96. The van der Waals surface area contributed by atoms with Gasteiger partial charge in [0.25, 0.3) is 0 Å². The van der Waals surface area contributed by atoms with Crippen molar-refractivity contribution >= 4 is 10.0 Å². The number of ether oxygens (including phenoxy) is 1. The van der Waals surface area contributed by atoms with Crippen molar-refractivity contribution in [1.29, 1.82) is 0 Å².